The van der Waals surface area contributed by atoms with E-state index in [1.54, 1.807) is 13.8 Å². The fraction of sp³-hybridized carbons (Fsp3) is 0.417. The molecule has 1 atom stereocenters. The first-order chi connectivity index (χ1) is 9.97. The van der Waals surface area contributed by atoms with Crippen molar-refractivity contribution in [2.24, 2.45) is 5.92 Å². The summed E-state index contributed by atoms with van der Waals surface area (Å²) in [4.78, 5) is 21.0. The number of carboxylic acids is 1. The third kappa shape index (κ3) is 4.02. The predicted molar refractivity (Wildman–Crippen MR) is 82.1 cm³/mol. The topological polar surface area (TPSA) is 127 Å². The first kappa shape index (κ1) is 18.5. The first-order valence-electron chi connectivity index (χ1n) is 6.17. The van der Waals surface area contributed by atoms with Gasteiger partial charge in [-0.15, -0.1) is 0 Å². The molecule has 22 heavy (non-hydrogen) atoms. The predicted octanol–water partition coefficient (Wildman–Crippen LogP) is 2.05. The van der Waals surface area contributed by atoms with Gasteiger partial charge in [-0.05, 0) is 18.9 Å². The number of carbonyl (C=O) groups is 1. The summed E-state index contributed by atoms with van der Waals surface area (Å²) in [5.74, 6) is -1.81. The van der Waals surface area contributed by atoms with Gasteiger partial charge in [0.1, 0.15) is 6.04 Å². The Morgan fingerprint density at radius 3 is 2.36 bits per heavy atom. The molecule has 1 aromatic rings. The Morgan fingerprint density at radius 2 is 1.95 bits per heavy atom. The van der Waals surface area contributed by atoms with E-state index in [2.05, 4.69) is 20.7 Å². The number of aliphatic carboxylic acids is 1. The number of sulfonamides is 1. The normalized spacial score (nSPS) is 13.1. The number of hydrogen-bond donors (Lipinski definition) is 2. The highest BCUT2D eigenvalue weighted by molar-refractivity contribution is 9.10. The Hall–Kier alpha value is -1.52. The van der Waals surface area contributed by atoms with Gasteiger partial charge < -0.3 is 5.11 Å². The summed E-state index contributed by atoms with van der Waals surface area (Å²) < 4.78 is 26.8. The van der Waals surface area contributed by atoms with Crippen LogP contribution in [0.3, 0.4) is 0 Å². The van der Waals surface area contributed by atoms with E-state index in [-0.39, 0.29) is 20.6 Å². The minimum Gasteiger partial charge on any atom is -0.480 e. The number of rotatable bonds is 6. The molecule has 1 rings (SSSR count). The van der Waals surface area contributed by atoms with Gasteiger partial charge in [0.25, 0.3) is 5.69 Å². The molecule has 0 bridgehead atoms. The van der Waals surface area contributed by atoms with Gasteiger partial charge in [0.2, 0.25) is 10.0 Å². The van der Waals surface area contributed by atoms with E-state index in [4.69, 9.17) is 5.11 Å². The molecule has 1 unspecified atom stereocenters. The van der Waals surface area contributed by atoms with E-state index in [0.29, 0.717) is 0 Å². The molecule has 1 aromatic carbocycles. The molecule has 10 heteroatoms. The van der Waals surface area contributed by atoms with Crippen LogP contribution in [0.4, 0.5) is 5.69 Å². The molecule has 0 saturated heterocycles. The molecule has 8 nitrogen and oxygen atoms in total. The van der Waals surface area contributed by atoms with Crippen LogP contribution in [0, 0.1) is 23.0 Å². The van der Waals surface area contributed by atoms with Gasteiger partial charge in [-0.2, -0.15) is 4.72 Å². The number of nitro groups is 1. The van der Waals surface area contributed by atoms with Crippen molar-refractivity contribution >= 4 is 37.6 Å². The van der Waals surface area contributed by atoms with Crippen LogP contribution in [-0.2, 0) is 14.8 Å². The Balaban J connectivity index is 3.35. The standard InChI is InChI=1S/C12H15BrN2O6S/c1-6(2)11(12(16)17)14-22(20,21)8-4-9(13)7(3)10(5-8)15(18)19/h4-6,11,14H,1-3H3,(H,16,17). The van der Waals surface area contributed by atoms with Crippen molar-refractivity contribution in [2.75, 3.05) is 0 Å². The monoisotopic (exact) mass is 394 g/mol. The van der Waals surface area contributed by atoms with Crippen LogP contribution in [-0.4, -0.2) is 30.5 Å². The number of halogens is 1. The number of benzene rings is 1. The minimum absolute atomic E-state index is 0.249. The molecule has 0 saturated carbocycles. The maximum Gasteiger partial charge on any atom is 0.322 e. The summed E-state index contributed by atoms with van der Waals surface area (Å²) in [6.07, 6.45) is 0. The second-order valence-electron chi connectivity index (χ2n) is 4.99. The van der Waals surface area contributed by atoms with Crippen LogP contribution in [0.25, 0.3) is 0 Å². The van der Waals surface area contributed by atoms with Crippen molar-refractivity contribution in [1.82, 2.24) is 4.72 Å². The average molecular weight is 395 g/mol. The number of nitro benzene ring substituents is 1. The molecule has 0 radical (unpaired) electrons. The van der Waals surface area contributed by atoms with Crippen LogP contribution in [0.2, 0.25) is 0 Å². The number of nitrogens with zero attached hydrogens (tertiary/aromatic N) is 1. The molecule has 0 heterocycles. The van der Waals surface area contributed by atoms with E-state index >= 15 is 0 Å². The number of carboxylic acid groups (broad SMARTS) is 1. The lowest BCUT2D eigenvalue weighted by Crippen LogP contribution is -2.44. The summed E-state index contributed by atoms with van der Waals surface area (Å²) in [5, 5.41) is 20.0. The van der Waals surface area contributed by atoms with Crippen molar-refractivity contribution in [2.45, 2.75) is 31.7 Å². The van der Waals surface area contributed by atoms with Crippen molar-refractivity contribution in [3.63, 3.8) is 0 Å². The summed E-state index contributed by atoms with van der Waals surface area (Å²) in [7, 11) is -4.21. The maximum absolute atomic E-state index is 12.3. The Bertz CT molecular complexity index is 717. The van der Waals surface area contributed by atoms with E-state index in [0.717, 1.165) is 6.07 Å². The molecular weight excluding hydrogens is 380 g/mol. The Morgan fingerprint density at radius 1 is 1.41 bits per heavy atom. The van der Waals surface area contributed by atoms with Crippen molar-refractivity contribution in [3.05, 3.63) is 32.3 Å². The van der Waals surface area contributed by atoms with Crippen molar-refractivity contribution < 1.29 is 23.2 Å². The maximum atomic E-state index is 12.3. The summed E-state index contributed by atoms with van der Waals surface area (Å²) in [6.45, 7) is 4.57. The molecule has 0 aromatic heterocycles. The largest absolute Gasteiger partial charge is 0.480 e. The molecule has 0 aliphatic heterocycles. The molecule has 0 amide bonds. The second kappa shape index (κ2) is 6.71. The lowest BCUT2D eigenvalue weighted by molar-refractivity contribution is -0.385. The molecule has 0 spiro atoms. The summed E-state index contributed by atoms with van der Waals surface area (Å²) in [6, 6.07) is 0.773. The molecule has 122 valence electrons. The number of hydrogen-bond acceptors (Lipinski definition) is 5. The van der Waals surface area contributed by atoms with Gasteiger partial charge in [0, 0.05) is 16.1 Å². The Labute approximate surface area is 135 Å². The van der Waals surface area contributed by atoms with Gasteiger partial charge in [0.15, 0.2) is 0 Å². The second-order valence-corrected chi connectivity index (χ2v) is 7.56. The lowest BCUT2D eigenvalue weighted by atomic mass is 10.1. The number of nitrogens with one attached hydrogen (secondary N) is 1. The zero-order valence-electron chi connectivity index (χ0n) is 12.0. The molecule has 0 aliphatic carbocycles. The van der Waals surface area contributed by atoms with Gasteiger partial charge in [-0.25, -0.2) is 8.42 Å². The van der Waals surface area contributed by atoms with Crippen LogP contribution in [0.5, 0.6) is 0 Å². The molecule has 0 aliphatic rings. The molecule has 2 N–H and O–H groups in total. The highest BCUT2D eigenvalue weighted by atomic mass is 79.9. The average Bonchev–Trinajstić information content (AvgIpc) is 2.37. The van der Waals surface area contributed by atoms with Gasteiger partial charge in [-0.1, -0.05) is 29.8 Å². The van der Waals surface area contributed by atoms with Crippen molar-refractivity contribution in [3.8, 4) is 0 Å². The zero-order chi connectivity index (χ0) is 17.2. The van der Waals surface area contributed by atoms with E-state index < -0.39 is 32.9 Å². The van der Waals surface area contributed by atoms with Crippen LogP contribution >= 0.6 is 15.9 Å². The van der Waals surface area contributed by atoms with E-state index in [1.165, 1.54) is 13.0 Å². The fourth-order valence-electron chi connectivity index (χ4n) is 1.69. The third-order valence-corrected chi connectivity index (χ3v) is 5.26. The van der Waals surface area contributed by atoms with E-state index in [9.17, 15) is 23.3 Å². The van der Waals surface area contributed by atoms with Crippen LogP contribution < -0.4 is 4.72 Å². The van der Waals surface area contributed by atoms with Crippen LogP contribution in [0.15, 0.2) is 21.5 Å². The van der Waals surface area contributed by atoms with Gasteiger partial charge >= 0.3 is 5.97 Å². The van der Waals surface area contributed by atoms with Crippen LogP contribution in [0.1, 0.15) is 19.4 Å². The SMILES string of the molecule is Cc1c(Br)cc(S(=O)(=O)NC(C(=O)O)C(C)C)cc1[N+](=O)[O-]. The summed E-state index contributed by atoms with van der Waals surface area (Å²) >= 11 is 3.07. The van der Waals surface area contributed by atoms with Crippen molar-refractivity contribution in [1.29, 1.82) is 0 Å². The van der Waals surface area contributed by atoms with E-state index in [1.807, 2.05) is 0 Å². The van der Waals surface area contributed by atoms with Gasteiger partial charge in [0.05, 0.1) is 9.82 Å². The zero-order valence-corrected chi connectivity index (χ0v) is 14.4. The van der Waals surface area contributed by atoms with Gasteiger partial charge in [-0.3, -0.25) is 14.9 Å². The smallest absolute Gasteiger partial charge is 0.322 e. The summed E-state index contributed by atoms with van der Waals surface area (Å²) in [5.41, 5.74) is -0.0891. The highest BCUT2D eigenvalue weighted by Crippen LogP contribution is 2.30. The first-order valence-corrected chi connectivity index (χ1v) is 8.44. The highest BCUT2D eigenvalue weighted by Gasteiger charge is 2.29. The lowest BCUT2D eigenvalue weighted by Gasteiger charge is -2.18. The Kier molecular flexibility index (Phi) is 5.65. The minimum atomic E-state index is -4.21. The third-order valence-electron chi connectivity index (χ3n) is 3.01. The fourth-order valence-corrected chi connectivity index (χ4v) is 3.68. The quantitative estimate of drug-likeness (QED) is 0.561. The molecular formula is C12H15BrN2O6S. The molecule has 0 fully saturated rings.